The van der Waals surface area contributed by atoms with Gasteiger partial charge < -0.3 is 15.5 Å². The fourth-order valence-corrected chi connectivity index (χ4v) is 5.26. The molecule has 1 aliphatic heterocycles. The number of aromatic nitrogens is 4. The molecule has 4 heterocycles. The van der Waals surface area contributed by atoms with Crippen molar-refractivity contribution < 1.29 is 9.59 Å². The van der Waals surface area contributed by atoms with Gasteiger partial charge in [0.2, 0.25) is 5.91 Å². The molecule has 0 unspecified atom stereocenters. The molecule has 1 saturated heterocycles. The zero-order valence-electron chi connectivity index (χ0n) is 23.3. The molecule has 10 heteroatoms. The van der Waals surface area contributed by atoms with Crippen LogP contribution in [-0.4, -0.2) is 61.5 Å². The molecule has 2 amide bonds. The lowest BCUT2D eigenvalue weighted by molar-refractivity contribution is -0.122. The first-order valence-corrected chi connectivity index (χ1v) is 14.7. The third-order valence-corrected chi connectivity index (χ3v) is 8.27. The van der Waals surface area contributed by atoms with Crippen LogP contribution in [0.5, 0.6) is 0 Å². The highest BCUT2D eigenvalue weighted by Crippen LogP contribution is 2.28. The molecule has 0 aromatic carbocycles. The van der Waals surface area contributed by atoms with Gasteiger partial charge in [-0.1, -0.05) is 47.0 Å². The number of likely N-dealkylation sites (tertiary alicyclic amines) is 1. The third kappa shape index (κ3) is 6.89. The monoisotopic (exact) mass is 539 g/mol. The quantitative estimate of drug-likeness (QED) is 0.335. The summed E-state index contributed by atoms with van der Waals surface area (Å²) in [4.78, 5) is 38.2. The number of unbranched alkanes of at least 4 members (excludes halogenated alkanes) is 3. The molecule has 0 aliphatic carbocycles. The van der Waals surface area contributed by atoms with Gasteiger partial charge in [-0.2, -0.15) is 5.10 Å². The first-order valence-electron chi connectivity index (χ1n) is 13.8. The van der Waals surface area contributed by atoms with Crippen LogP contribution in [0.15, 0.2) is 23.8 Å². The van der Waals surface area contributed by atoms with E-state index in [1.165, 1.54) is 6.42 Å². The minimum absolute atomic E-state index is 0.0103. The average molecular weight is 540 g/mol. The Labute approximate surface area is 229 Å². The van der Waals surface area contributed by atoms with Crippen molar-refractivity contribution in [3.05, 3.63) is 29.5 Å². The van der Waals surface area contributed by atoms with Crippen molar-refractivity contribution >= 4 is 33.8 Å². The predicted octanol–water partition coefficient (Wildman–Crippen LogP) is 5.39. The number of carbonyl (C=O) groups is 2. The standard InChI is InChI=1S/C28H41N7O2S/c1-6-7-8-9-10-24(36)31-20-11-13-34(14-12-20)26(37)22-17-23(30-19(2)28(3,4)5)33-25(32-22)21-18-29-35-15-16-38-27(21)35/h15-20H,6-14H2,1-5H3,(H,31,36)(H,30,32,33)/t19-/m1/s1. The number of nitrogens with zero attached hydrogens (tertiary/aromatic N) is 5. The predicted molar refractivity (Wildman–Crippen MR) is 152 cm³/mol. The number of carbonyl (C=O) groups excluding carboxylic acids is 2. The first kappa shape index (κ1) is 28.0. The summed E-state index contributed by atoms with van der Waals surface area (Å²) in [6.45, 7) is 12.0. The Kier molecular flexibility index (Phi) is 9.02. The second-order valence-corrected chi connectivity index (χ2v) is 12.2. The largest absolute Gasteiger partial charge is 0.367 e. The molecule has 1 atom stereocenters. The van der Waals surface area contributed by atoms with Gasteiger partial charge in [-0.05, 0) is 31.6 Å². The van der Waals surface area contributed by atoms with E-state index < -0.39 is 0 Å². The Bertz CT molecular complexity index is 1240. The van der Waals surface area contributed by atoms with Gasteiger partial charge in [-0.15, -0.1) is 11.3 Å². The number of hydrogen-bond acceptors (Lipinski definition) is 7. The van der Waals surface area contributed by atoms with E-state index in [1.54, 1.807) is 28.1 Å². The van der Waals surface area contributed by atoms with Crippen LogP contribution in [0.3, 0.4) is 0 Å². The lowest BCUT2D eigenvalue weighted by atomic mass is 9.88. The van der Waals surface area contributed by atoms with Gasteiger partial charge in [0.1, 0.15) is 16.3 Å². The molecule has 0 bridgehead atoms. The molecule has 206 valence electrons. The van der Waals surface area contributed by atoms with E-state index in [0.29, 0.717) is 36.8 Å². The molecule has 0 spiro atoms. The number of fused-ring (bicyclic) bond motifs is 1. The molecular formula is C28H41N7O2S. The van der Waals surface area contributed by atoms with Crippen molar-refractivity contribution in [3.63, 3.8) is 0 Å². The van der Waals surface area contributed by atoms with Crippen LogP contribution in [0.1, 0.15) is 90.1 Å². The smallest absolute Gasteiger partial charge is 0.272 e. The van der Waals surface area contributed by atoms with Crippen molar-refractivity contribution in [3.8, 4) is 11.4 Å². The van der Waals surface area contributed by atoms with Crippen molar-refractivity contribution in [2.24, 2.45) is 5.41 Å². The second kappa shape index (κ2) is 12.2. The van der Waals surface area contributed by atoms with Crippen LogP contribution in [0.25, 0.3) is 16.2 Å². The summed E-state index contributed by atoms with van der Waals surface area (Å²) in [6.07, 6.45) is 10.1. The summed E-state index contributed by atoms with van der Waals surface area (Å²) in [6, 6.07) is 2.00. The molecule has 1 fully saturated rings. The summed E-state index contributed by atoms with van der Waals surface area (Å²) in [5.74, 6) is 1.12. The van der Waals surface area contributed by atoms with E-state index in [-0.39, 0.29) is 29.3 Å². The number of piperidine rings is 1. The molecule has 2 N–H and O–H groups in total. The van der Waals surface area contributed by atoms with E-state index in [2.05, 4.69) is 50.4 Å². The normalized spacial score (nSPS) is 15.6. The fourth-order valence-electron chi connectivity index (χ4n) is 4.47. The molecule has 4 rings (SSSR count). The molecule has 1 aliphatic rings. The maximum Gasteiger partial charge on any atom is 0.272 e. The first-order chi connectivity index (χ1) is 18.2. The minimum Gasteiger partial charge on any atom is -0.367 e. The molecule has 3 aromatic rings. The summed E-state index contributed by atoms with van der Waals surface area (Å²) in [5.41, 5.74) is 1.19. The van der Waals surface area contributed by atoms with Gasteiger partial charge in [0.25, 0.3) is 5.91 Å². The maximum absolute atomic E-state index is 13.6. The van der Waals surface area contributed by atoms with Crippen LogP contribution in [-0.2, 0) is 4.79 Å². The summed E-state index contributed by atoms with van der Waals surface area (Å²) in [5, 5.41) is 13.0. The Morgan fingerprint density at radius 3 is 2.63 bits per heavy atom. The fraction of sp³-hybridized carbons (Fsp3) is 0.607. The molecule has 38 heavy (non-hydrogen) atoms. The van der Waals surface area contributed by atoms with E-state index in [0.717, 1.165) is 42.5 Å². The van der Waals surface area contributed by atoms with Gasteiger partial charge in [-0.3, -0.25) is 9.59 Å². The van der Waals surface area contributed by atoms with Crippen molar-refractivity contribution in [1.82, 2.24) is 29.8 Å². The zero-order valence-corrected chi connectivity index (χ0v) is 24.1. The SMILES string of the molecule is CCCCCCC(=O)NC1CCN(C(=O)c2cc(N[C@H](C)C(C)(C)C)nc(-c3cnn4ccsc34)n2)CC1. The third-order valence-electron chi connectivity index (χ3n) is 7.39. The number of thiazole rings is 1. The minimum atomic E-state index is -0.112. The average Bonchev–Trinajstić information content (AvgIpc) is 3.50. The number of amides is 2. The summed E-state index contributed by atoms with van der Waals surface area (Å²) in [7, 11) is 0. The molecule has 0 saturated carbocycles. The highest BCUT2D eigenvalue weighted by molar-refractivity contribution is 7.16. The molecule has 3 aromatic heterocycles. The number of nitrogens with one attached hydrogen (secondary N) is 2. The summed E-state index contributed by atoms with van der Waals surface area (Å²) < 4.78 is 1.80. The van der Waals surface area contributed by atoms with E-state index in [9.17, 15) is 9.59 Å². The van der Waals surface area contributed by atoms with E-state index in [1.807, 2.05) is 16.5 Å². The van der Waals surface area contributed by atoms with Gasteiger partial charge in [-0.25, -0.2) is 14.5 Å². The number of hydrogen-bond donors (Lipinski definition) is 2. The van der Waals surface area contributed by atoms with Gasteiger partial charge in [0, 0.05) is 49.2 Å². The van der Waals surface area contributed by atoms with Crippen LogP contribution in [0, 0.1) is 5.41 Å². The number of anilines is 1. The maximum atomic E-state index is 13.6. The van der Waals surface area contributed by atoms with Gasteiger partial charge in [0.05, 0.1) is 11.8 Å². The molecule has 9 nitrogen and oxygen atoms in total. The van der Waals surface area contributed by atoms with Gasteiger partial charge >= 0.3 is 0 Å². The Morgan fingerprint density at radius 1 is 1.16 bits per heavy atom. The topological polar surface area (TPSA) is 105 Å². The van der Waals surface area contributed by atoms with E-state index >= 15 is 0 Å². The summed E-state index contributed by atoms with van der Waals surface area (Å²) >= 11 is 1.56. The van der Waals surface area contributed by atoms with E-state index in [4.69, 9.17) is 9.97 Å². The van der Waals surface area contributed by atoms with Crippen molar-refractivity contribution in [1.29, 1.82) is 0 Å². The second-order valence-electron chi connectivity index (χ2n) is 11.3. The van der Waals surface area contributed by atoms with Crippen molar-refractivity contribution in [2.45, 2.75) is 91.6 Å². The Balaban J connectivity index is 1.47. The van der Waals surface area contributed by atoms with Gasteiger partial charge in [0.15, 0.2) is 5.82 Å². The van der Waals surface area contributed by atoms with Crippen LogP contribution in [0.4, 0.5) is 5.82 Å². The van der Waals surface area contributed by atoms with Crippen LogP contribution in [0.2, 0.25) is 0 Å². The van der Waals surface area contributed by atoms with Crippen LogP contribution >= 0.6 is 11.3 Å². The van der Waals surface area contributed by atoms with Crippen molar-refractivity contribution in [2.75, 3.05) is 18.4 Å². The lowest BCUT2D eigenvalue weighted by Crippen LogP contribution is -2.46. The lowest BCUT2D eigenvalue weighted by Gasteiger charge is -2.32. The molecular weight excluding hydrogens is 498 g/mol. The van der Waals surface area contributed by atoms with Crippen LogP contribution < -0.4 is 10.6 Å². The Hall–Kier alpha value is -3.01. The molecule has 0 radical (unpaired) electrons. The highest BCUT2D eigenvalue weighted by atomic mass is 32.1. The highest BCUT2D eigenvalue weighted by Gasteiger charge is 2.27. The number of rotatable bonds is 10. The Morgan fingerprint density at radius 2 is 1.92 bits per heavy atom. The zero-order chi connectivity index (χ0) is 27.3.